The predicted octanol–water partition coefficient (Wildman–Crippen LogP) is 3.46. The van der Waals surface area contributed by atoms with Crippen molar-refractivity contribution < 1.29 is 37.0 Å². The first-order valence-electron chi connectivity index (χ1n) is 11.7. The van der Waals surface area contributed by atoms with E-state index in [2.05, 4.69) is 19.8 Å². The SMILES string of the molecule is COC(=O)NC1CCCN(C=O)C1.Cc1nc(-c2ccc(OC(F)F)c(OCC3CC3)c2)oc1CN. The Morgan fingerprint density at radius 3 is 2.72 bits per heavy atom. The number of nitrogens with two attached hydrogens (primary N) is 1. The third-order valence-electron chi connectivity index (χ3n) is 5.77. The van der Waals surface area contributed by atoms with E-state index in [1.165, 1.54) is 13.2 Å². The highest BCUT2D eigenvalue weighted by Gasteiger charge is 2.24. The number of hydrogen-bond acceptors (Lipinski definition) is 8. The summed E-state index contributed by atoms with van der Waals surface area (Å²) < 4.78 is 45.2. The number of carbonyl (C=O) groups is 2. The van der Waals surface area contributed by atoms with Crippen LogP contribution >= 0.6 is 0 Å². The molecule has 4 rings (SSSR count). The molecule has 12 heteroatoms. The summed E-state index contributed by atoms with van der Waals surface area (Å²) in [7, 11) is 1.33. The number of methoxy groups -OCH3 is 1. The lowest BCUT2D eigenvalue weighted by atomic mass is 10.1. The van der Waals surface area contributed by atoms with Crippen molar-refractivity contribution in [1.82, 2.24) is 15.2 Å². The zero-order valence-corrected chi connectivity index (χ0v) is 20.4. The van der Waals surface area contributed by atoms with Gasteiger partial charge in [0.15, 0.2) is 11.5 Å². The van der Waals surface area contributed by atoms with Crippen LogP contribution in [-0.2, 0) is 16.1 Å². The standard InChI is InChI=1S/C16H18F2N2O3.C8H14N2O3/c1-9-14(7-19)22-15(20-9)11-4-5-12(23-16(17)18)13(6-11)21-8-10-2-3-10;1-13-8(12)9-7-3-2-4-10(5-7)6-11/h4-6,10,16H,2-3,7-8,19H2,1H3;6-7H,2-5H2,1H3,(H,9,12). The number of benzene rings is 1. The number of aromatic nitrogens is 1. The molecule has 10 nitrogen and oxygen atoms in total. The lowest BCUT2D eigenvalue weighted by Gasteiger charge is -2.29. The zero-order chi connectivity index (χ0) is 26.1. The van der Waals surface area contributed by atoms with Gasteiger partial charge >= 0.3 is 12.7 Å². The molecule has 2 aliphatic rings. The second-order valence-corrected chi connectivity index (χ2v) is 8.60. The van der Waals surface area contributed by atoms with Crippen molar-refractivity contribution >= 4 is 12.5 Å². The fourth-order valence-corrected chi connectivity index (χ4v) is 3.63. The number of hydrogen-bond donors (Lipinski definition) is 2. The molecule has 1 atom stereocenters. The van der Waals surface area contributed by atoms with Gasteiger partial charge in [-0.2, -0.15) is 8.78 Å². The van der Waals surface area contributed by atoms with Gasteiger partial charge in [0.05, 0.1) is 26.0 Å². The average Bonchev–Trinajstić information content (AvgIpc) is 3.63. The molecule has 198 valence electrons. The van der Waals surface area contributed by atoms with Gasteiger partial charge in [0, 0.05) is 24.7 Å². The molecular weight excluding hydrogens is 478 g/mol. The van der Waals surface area contributed by atoms with Crippen molar-refractivity contribution in [3.63, 3.8) is 0 Å². The summed E-state index contributed by atoms with van der Waals surface area (Å²) in [5.41, 5.74) is 6.91. The maximum atomic E-state index is 12.5. The number of rotatable bonds is 9. The Kier molecular flexibility index (Phi) is 9.86. The zero-order valence-electron chi connectivity index (χ0n) is 20.4. The first-order valence-corrected chi connectivity index (χ1v) is 11.7. The normalized spacial score (nSPS) is 17.2. The molecule has 1 aliphatic heterocycles. The van der Waals surface area contributed by atoms with Crippen LogP contribution in [0.2, 0.25) is 0 Å². The molecule has 2 heterocycles. The largest absolute Gasteiger partial charge is 0.489 e. The van der Waals surface area contributed by atoms with Crippen molar-refractivity contribution in [2.75, 3.05) is 26.8 Å². The molecule has 0 radical (unpaired) electrons. The first-order chi connectivity index (χ1) is 17.3. The number of carbonyl (C=O) groups excluding carboxylic acids is 2. The van der Waals surface area contributed by atoms with E-state index in [1.807, 2.05) is 0 Å². The molecule has 36 heavy (non-hydrogen) atoms. The summed E-state index contributed by atoms with van der Waals surface area (Å²) in [6, 6.07) is 4.68. The van der Waals surface area contributed by atoms with E-state index in [1.54, 1.807) is 24.0 Å². The number of likely N-dealkylation sites (tertiary alicyclic amines) is 1. The van der Waals surface area contributed by atoms with Gasteiger partial charge in [-0.15, -0.1) is 0 Å². The van der Waals surface area contributed by atoms with Gasteiger partial charge in [-0.25, -0.2) is 9.78 Å². The molecule has 0 bridgehead atoms. The van der Waals surface area contributed by atoms with Crippen molar-refractivity contribution in [3.8, 4) is 23.0 Å². The second kappa shape index (κ2) is 13.1. The third-order valence-corrected chi connectivity index (χ3v) is 5.77. The molecule has 1 unspecified atom stereocenters. The molecule has 0 spiro atoms. The Balaban J connectivity index is 0.000000236. The van der Waals surface area contributed by atoms with Crippen LogP contribution in [0, 0.1) is 12.8 Å². The van der Waals surface area contributed by atoms with Gasteiger partial charge in [0.25, 0.3) is 0 Å². The van der Waals surface area contributed by atoms with Crippen molar-refractivity contribution in [3.05, 3.63) is 29.7 Å². The minimum Gasteiger partial charge on any atom is -0.489 e. The maximum Gasteiger partial charge on any atom is 0.407 e. The van der Waals surface area contributed by atoms with E-state index in [9.17, 15) is 18.4 Å². The highest BCUT2D eigenvalue weighted by Crippen LogP contribution is 2.36. The fraction of sp³-hybridized carbons (Fsp3) is 0.542. The fourth-order valence-electron chi connectivity index (χ4n) is 3.63. The number of amides is 2. The van der Waals surface area contributed by atoms with E-state index >= 15 is 0 Å². The number of nitrogens with one attached hydrogen (secondary N) is 1. The Bertz CT molecular complexity index is 1010. The van der Waals surface area contributed by atoms with Gasteiger partial charge in [0.1, 0.15) is 5.76 Å². The van der Waals surface area contributed by atoms with E-state index < -0.39 is 12.7 Å². The van der Waals surface area contributed by atoms with E-state index in [4.69, 9.17) is 14.9 Å². The Morgan fingerprint density at radius 1 is 1.33 bits per heavy atom. The Morgan fingerprint density at radius 2 is 2.11 bits per heavy atom. The minimum absolute atomic E-state index is 0.00623. The lowest BCUT2D eigenvalue weighted by Crippen LogP contribution is -2.47. The number of alkyl carbamates (subject to hydrolysis) is 1. The Hall–Kier alpha value is -3.41. The number of halogens is 2. The summed E-state index contributed by atoms with van der Waals surface area (Å²) >= 11 is 0. The minimum atomic E-state index is -2.91. The summed E-state index contributed by atoms with van der Waals surface area (Å²) in [4.78, 5) is 27.2. The quantitative estimate of drug-likeness (QED) is 0.491. The summed E-state index contributed by atoms with van der Waals surface area (Å²) in [5.74, 6) is 1.73. The van der Waals surface area contributed by atoms with Crippen LogP contribution in [-0.4, -0.2) is 61.8 Å². The molecular formula is C24H32F2N4O6. The average molecular weight is 511 g/mol. The maximum absolute atomic E-state index is 12.5. The van der Waals surface area contributed by atoms with Crippen LogP contribution in [0.15, 0.2) is 22.6 Å². The summed E-state index contributed by atoms with van der Waals surface area (Å²) in [6.07, 6.45) is 4.41. The van der Waals surface area contributed by atoms with Gasteiger partial charge < -0.3 is 34.6 Å². The number of oxazole rings is 1. The van der Waals surface area contributed by atoms with E-state index in [-0.39, 0.29) is 24.1 Å². The second-order valence-electron chi connectivity index (χ2n) is 8.60. The molecule has 2 aromatic rings. The van der Waals surface area contributed by atoms with Crippen LogP contribution in [0.3, 0.4) is 0 Å². The number of alkyl halides is 2. The highest BCUT2D eigenvalue weighted by molar-refractivity contribution is 5.67. The first kappa shape index (κ1) is 27.2. The van der Waals surface area contributed by atoms with Crippen LogP contribution in [0.1, 0.15) is 37.1 Å². The number of piperidine rings is 1. The molecule has 1 saturated carbocycles. The number of ether oxygens (including phenoxy) is 3. The Labute approximate surface area is 208 Å². The number of aryl methyl sites for hydroxylation is 1. The van der Waals surface area contributed by atoms with Crippen molar-refractivity contribution in [2.24, 2.45) is 11.7 Å². The van der Waals surface area contributed by atoms with Crippen LogP contribution in [0.4, 0.5) is 13.6 Å². The monoisotopic (exact) mass is 510 g/mol. The number of nitrogens with zero attached hydrogens (tertiary/aromatic N) is 2. The van der Waals surface area contributed by atoms with E-state index in [0.717, 1.165) is 38.6 Å². The van der Waals surface area contributed by atoms with Crippen LogP contribution < -0.4 is 20.5 Å². The third kappa shape index (κ3) is 8.08. The molecule has 2 fully saturated rings. The van der Waals surface area contributed by atoms with E-state index in [0.29, 0.717) is 42.0 Å². The van der Waals surface area contributed by atoms with Crippen LogP contribution in [0.25, 0.3) is 11.5 Å². The predicted molar refractivity (Wildman–Crippen MR) is 126 cm³/mol. The van der Waals surface area contributed by atoms with Gasteiger partial charge in [-0.05, 0) is 56.7 Å². The van der Waals surface area contributed by atoms with Gasteiger partial charge in [0.2, 0.25) is 12.3 Å². The smallest absolute Gasteiger partial charge is 0.407 e. The summed E-state index contributed by atoms with van der Waals surface area (Å²) in [6.45, 7) is 0.991. The molecule has 1 aromatic heterocycles. The highest BCUT2D eigenvalue weighted by atomic mass is 19.3. The molecule has 1 aromatic carbocycles. The van der Waals surface area contributed by atoms with Crippen LogP contribution in [0.5, 0.6) is 11.5 Å². The molecule has 1 saturated heterocycles. The lowest BCUT2D eigenvalue weighted by molar-refractivity contribution is -0.119. The van der Waals surface area contributed by atoms with Gasteiger partial charge in [-0.1, -0.05) is 0 Å². The molecule has 1 aliphatic carbocycles. The van der Waals surface area contributed by atoms with Gasteiger partial charge in [-0.3, -0.25) is 4.79 Å². The topological polar surface area (TPSA) is 129 Å². The van der Waals surface area contributed by atoms with Crippen molar-refractivity contribution in [1.29, 1.82) is 0 Å². The summed E-state index contributed by atoms with van der Waals surface area (Å²) in [5, 5.41) is 2.67. The molecule has 3 N–H and O–H groups in total. The van der Waals surface area contributed by atoms with Crippen molar-refractivity contribution in [2.45, 2.75) is 51.8 Å². The molecule has 2 amide bonds.